The summed E-state index contributed by atoms with van der Waals surface area (Å²) in [6.07, 6.45) is 4.69. The molecule has 0 aliphatic rings. The molecular weight excluding hydrogens is 218 g/mol. The summed E-state index contributed by atoms with van der Waals surface area (Å²) in [5, 5.41) is 13.0. The molecule has 0 spiro atoms. The highest BCUT2D eigenvalue weighted by atomic mass is 16.3. The Balaban J connectivity index is 2.49. The number of nitrogens with two attached hydrogens (primary N) is 1. The maximum absolute atomic E-state index is 9.95. The van der Waals surface area contributed by atoms with Gasteiger partial charge in [0.1, 0.15) is 5.82 Å². The van der Waals surface area contributed by atoms with Crippen LogP contribution in [0.4, 0.5) is 11.6 Å². The van der Waals surface area contributed by atoms with Gasteiger partial charge in [-0.1, -0.05) is 26.7 Å². The highest BCUT2D eigenvalue weighted by Gasteiger charge is 2.15. The Bertz CT molecular complexity index is 329. The van der Waals surface area contributed by atoms with E-state index >= 15 is 0 Å². The number of aliphatic hydroxyl groups excluding tert-OH is 1. The first kappa shape index (κ1) is 13.7. The van der Waals surface area contributed by atoms with Crippen LogP contribution in [0.1, 0.15) is 26.7 Å². The van der Waals surface area contributed by atoms with E-state index in [0.29, 0.717) is 24.1 Å². The van der Waals surface area contributed by atoms with Gasteiger partial charge in [0, 0.05) is 6.54 Å². The number of hydrogen-bond donors (Lipinski definition) is 4. The van der Waals surface area contributed by atoms with Gasteiger partial charge in [-0.3, -0.25) is 4.98 Å². The molecule has 1 heterocycles. The van der Waals surface area contributed by atoms with Gasteiger partial charge >= 0.3 is 0 Å². The Morgan fingerprint density at radius 2 is 1.94 bits per heavy atom. The summed E-state index contributed by atoms with van der Waals surface area (Å²) in [4.78, 5) is 8.12. The normalized spacial score (nSPS) is 12.5. The minimum atomic E-state index is -0.374. The molecule has 1 aromatic rings. The highest BCUT2D eigenvalue weighted by molar-refractivity contribution is 5.40. The lowest BCUT2D eigenvalue weighted by Crippen LogP contribution is -2.28. The largest absolute Gasteiger partial charge is 0.391 e. The summed E-state index contributed by atoms with van der Waals surface area (Å²) in [6, 6.07) is 0. The lowest BCUT2D eigenvalue weighted by molar-refractivity contribution is 0.114. The minimum Gasteiger partial charge on any atom is -0.391 e. The van der Waals surface area contributed by atoms with Crippen molar-refractivity contribution in [1.29, 1.82) is 0 Å². The van der Waals surface area contributed by atoms with Crippen molar-refractivity contribution >= 4 is 11.6 Å². The molecule has 0 aliphatic heterocycles. The van der Waals surface area contributed by atoms with Crippen molar-refractivity contribution in [1.82, 2.24) is 9.97 Å². The second-order valence-electron chi connectivity index (χ2n) is 3.96. The lowest BCUT2D eigenvalue weighted by atomic mass is 9.97. The fraction of sp³-hybridized carbons (Fsp3) is 0.636. The third-order valence-corrected chi connectivity index (χ3v) is 2.87. The monoisotopic (exact) mass is 239 g/mol. The molecule has 0 bridgehead atoms. The highest BCUT2D eigenvalue weighted by Crippen LogP contribution is 2.14. The molecule has 1 unspecified atom stereocenters. The van der Waals surface area contributed by atoms with Gasteiger partial charge in [-0.25, -0.2) is 10.8 Å². The first-order valence-corrected chi connectivity index (χ1v) is 5.91. The van der Waals surface area contributed by atoms with E-state index in [9.17, 15) is 5.11 Å². The molecule has 0 saturated heterocycles. The Kier molecular flexibility index (Phi) is 5.65. The number of aromatic nitrogens is 2. The number of hydrogen-bond acceptors (Lipinski definition) is 6. The van der Waals surface area contributed by atoms with E-state index in [2.05, 4.69) is 34.6 Å². The van der Waals surface area contributed by atoms with E-state index < -0.39 is 0 Å². The summed E-state index contributed by atoms with van der Waals surface area (Å²) in [5.41, 5.74) is 2.42. The van der Waals surface area contributed by atoms with E-state index in [4.69, 9.17) is 5.84 Å². The van der Waals surface area contributed by atoms with Crippen LogP contribution in [0.15, 0.2) is 12.4 Å². The maximum Gasteiger partial charge on any atom is 0.160 e. The average molecular weight is 239 g/mol. The first-order chi connectivity index (χ1) is 8.21. The molecular formula is C11H21N5O. The van der Waals surface area contributed by atoms with Crippen molar-refractivity contribution in [2.45, 2.75) is 32.8 Å². The molecule has 0 fully saturated rings. The standard InChI is InChI=1S/C11H21N5O/c1-3-8(4-2)9(17)5-14-10-6-13-7-11(15-10)16-12/h6-9,17H,3-5,12H2,1-2H3,(H2,14,15,16). The molecule has 17 heavy (non-hydrogen) atoms. The van der Waals surface area contributed by atoms with E-state index in [0.717, 1.165) is 12.8 Å². The second kappa shape index (κ2) is 7.03. The fourth-order valence-corrected chi connectivity index (χ4v) is 1.73. The zero-order chi connectivity index (χ0) is 12.7. The number of aliphatic hydroxyl groups is 1. The van der Waals surface area contributed by atoms with E-state index in [1.165, 1.54) is 6.20 Å². The molecule has 1 atom stereocenters. The van der Waals surface area contributed by atoms with Crippen LogP contribution in [-0.4, -0.2) is 27.7 Å². The Hall–Kier alpha value is -1.40. The average Bonchev–Trinajstić information content (AvgIpc) is 2.38. The SMILES string of the molecule is CCC(CC)C(O)CNc1cncc(NN)n1. The molecule has 1 aromatic heterocycles. The van der Waals surface area contributed by atoms with Crippen molar-refractivity contribution < 1.29 is 5.11 Å². The van der Waals surface area contributed by atoms with Gasteiger partial charge < -0.3 is 15.8 Å². The van der Waals surface area contributed by atoms with Crippen molar-refractivity contribution in [3.05, 3.63) is 12.4 Å². The molecule has 0 aliphatic carbocycles. The van der Waals surface area contributed by atoms with Crippen LogP contribution in [0.2, 0.25) is 0 Å². The summed E-state index contributed by atoms with van der Waals surface area (Å²) >= 11 is 0. The summed E-state index contributed by atoms with van der Waals surface area (Å²) < 4.78 is 0. The third-order valence-electron chi connectivity index (χ3n) is 2.87. The van der Waals surface area contributed by atoms with Crippen LogP contribution in [0, 0.1) is 5.92 Å². The number of nitrogens with zero attached hydrogens (tertiary/aromatic N) is 2. The number of anilines is 2. The van der Waals surface area contributed by atoms with Crippen molar-refractivity contribution in [3.8, 4) is 0 Å². The molecule has 6 heteroatoms. The number of nitrogens with one attached hydrogen (secondary N) is 2. The van der Waals surface area contributed by atoms with Crippen LogP contribution >= 0.6 is 0 Å². The molecule has 6 nitrogen and oxygen atoms in total. The Morgan fingerprint density at radius 3 is 2.53 bits per heavy atom. The summed E-state index contributed by atoms with van der Waals surface area (Å²) in [7, 11) is 0. The van der Waals surface area contributed by atoms with Crippen molar-refractivity contribution in [2.75, 3.05) is 17.3 Å². The smallest absolute Gasteiger partial charge is 0.160 e. The first-order valence-electron chi connectivity index (χ1n) is 5.91. The molecule has 0 radical (unpaired) electrons. The molecule has 0 amide bonds. The van der Waals surface area contributed by atoms with Crippen molar-refractivity contribution in [3.63, 3.8) is 0 Å². The van der Waals surface area contributed by atoms with Gasteiger partial charge in [0.15, 0.2) is 5.82 Å². The van der Waals surface area contributed by atoms with Crippen LogP contribution in [0.3, 0.4) is 0 Å². The zero-order valence-electron chi connectivity index (χ0n) is 10.3. The lowest BCUT2D eigenvalue weighted by Gasteiger charge is -2.20. The summed E-state index contributed by atoms with van der Waals surface area (Å²) in [6.45, 7) is 4.63. The van der Waals surface area contributed by atoms with Crippen molar-refractivity contribution in [2.24, 2.45) is 11.8 Å². The fourth-order valence-electron chi connectivity index (χ4n) is 1.73. The van der Waals surface area contributed by atoms with Crippen LogP contribution in [-0.2, 0) is 0 Å². The quantitative estimate of drug-likeness (QED) is 0.418. The maximum atomic E-state index is 9.95. The van der Waals surface area contributed by atoms with Gasteiger partial charge in [0.2, 0.25) is 0 Å². The topological polar surface area (TPSA) is 96.1 Å². The van der Waals surface area contributed by atoms with Gasteiger partial charge in [0.05, 0.1) is 18.5 Å². The molecule has 0 saturated carbocycles. The van der Waals surface area contributed by atoms with Crippen LogP contribution in [0.25, 0.3) is 0 Å². The van der Waals surface area contributed by atoms with Gasteiger partial charge in [-0.15, -0.1) is 0 Å². The Labute approximate surface area is 102 Å². The van der Waals surface area contributed by atoms with Crippen LogP contribution in [0.5, 0.6) is 0 Å². The van der Waals surface area contributed by atoms with E-state index in [1.54, 1.807) is 6.20 Å². The molecule has 1 rings (SSSR count). The predicted molar refractivity (Wildman–Crippen MR) is 68.4 cm³/mol. The minimum absolute atomic E-state index is 0.311. The number of nitrogen functional groups attached to an aromatic ring is 1. The summed E-state index contributed by atoms with van der Waals surface area (Å²) in [5.74, 6) is 6.64. The predicted octanol–water partition coefficient (Wildman–Crippen LogP) is 0.971. The Morgan fingerprint density at radius 1 is 1.29 bits per heavy atom. The van der Waals surface area contributed by atoms with E-state index in [-0.39, 0.29) is 6.10 Å². The second-order valence-corrected chi connectivity index (χ2v) is 3.96. The zero-order valence-corrected chi connectivity index (χ0v) is 10.3. The number of hydrazine groups is 1. The van der Waals surface area contributed by atoms with Gasteiger partial charge in [0.25, 0.3) is 0 Å². The van der Waals surface area contributed by atoms with E-state index in [1.807, 2.05) is 0 Å². The number of rotatable bonds is 7. The van der Waals surface area contributed by atoms with Gasteiger partial charge in [-0.2, -0.15) is 0 Å². The molecule has 0 aromatic carbocycles. The molecule has 5 N–H and O–H groups in total. The van der Waals surface area contributed by atoms with Crippen LogP contribution < -0.4 is 16.6 Å². The third kappa shape index (κ3) is 4.16. The molecule has 96 valence electrons. The van der Waals surface area contributed by atoms with Gasteiger partial charge in [-0.05, 0) is 5.92 Å².